The number of hydrogen-bond acceptors (Lipinski definition) is 6. The van der Waals surface area contributed by atoms with Crippen LogP contribution in [0.15, 0.2) is 15.8 Å². The number of aromatic nitrogens is 4. The molecule has 86 valence electrons. The molecule has 0 radical (unpaired) electrons. The summed E-state index contributed by atoms with van der Waals surface area (Å²) in [5.41, 5.74) is 0.262. The standard InChI is InChI=1S/C6H4BrClN4O3S/c1-15-6-9-3(7)2-4-10-5(11-12(4)6)16(8,13)14/h2H,1H3. The van der Waals surface area contributed by atoms with Crippen LogP contribution in [0.4, 0.5) is 0 Å². The van der Waals surface area contributed by atoms with Crippen molar-refractivity contribution in [2.24, 2.45) is 0 Å². The summed E-state index contributed by atoms with van der Waals surface area (Å²) in [7, 11) is 2.53. The third-order valence-corrected chi connectivity index (χ3v) is 3.07. The minimum Gasteiger partial charge on any atom is -0.467 e. The van der Waals surface area contributed by atoms with Crippen molar-refractivity contribution in [3.63, 3.8) is 0 Å². The molecular formula is C6H4BrClN4O3S. The van der Waals surface area contributed by atoms with E-state index in [4.69, 9.17) is 15.4 Å². The Morgan fingerprint density at radius 1 is 1.50 bits per heavy atom. The summed E-state index contributed by atoms with van der Waals surface area (Å²) in [5, 5.41) is 3.18. The molecule has 0 atom stereocenters. The van der Waals surface area contributed by atoms with E-state index in [1.54, 1.807) is 0 Å². The second kappa shape index (κ2) is 3.82. The molecule has 0 aromatic carbocycles. The second-order valence-corrected chi connectivity index (χ2v) is 5.94. The molecule has 0 unspecified atom stereocenters. The van der Waals surface area contributed by atoms with Crippen molar-refractivity contribution < 1.29 is 13.2 Å². The zero-order valence-electron chi connectivity index (χ0n) is 7.76. The van der Waals surface area contributed by atoms with Gasteiger partial charge in [0.15, 0.2) is 5.65 Å². The van der Waals surface area contributed by atoms with Crippen LogP contribution in [0.1, 0.15) is 0 Å². The van der Waals surface area contributed by atoms with Gasteiger partial charge in [-0.1, -0.05) is 0 Å². The van der Waals surface area contributed by atoms with E-state index < -0.39 is 14.2 Å². The number of nitrogens with zero attached hydrogens (tertiary/aromatic N) is 4. The molecule has 2 heterocycles. The van der Waals surface area contributed by atoms with Crippen molar-refractivity contribution in [3.8, 4) is 6.01 Å². The molecule has 2 rings (SSSR count). The zero-order valence-corrected chi connectivity index (χ0v) is 10.9. The van der Waals surface area contributed by atoms with Crippen LogP contribution in [-0.2, 0) is 9.05 Å². The summed E-state index contributed by atoms with van der Waals surface area (Å²) in [6, 6.07) is 1.59. The van der Waals surface area contributed by atoms with Crippen molar-refractivity contribution in [1.82, 2.24) is 19.6 Å². The van der Waals surface area contributed by atoms with Crippen molar-refractivity contribution in [3.05, 3.63) is 10.7 Å². The van der Waals surface area contributed by atoms with Crippen LogP contribution in [0.5, 0.6) is 6.01 Å². The Kier molecular flexibility index (Phi) is 2.76. The Morgan fingerprint density at radius 3 is 2.75 bits per heavy atom. The number of fused-ring (bicyclic) bond motifs is 1. The van der Waals surface area contributed by atoms with Gasteiger partial charge in [-0.05, 0) is 15.9 Å². The Balaban J connectivity index is 2.80. The highest BCUT2D eigenvalue weighted by Crippen LogP contribution is 2.18. The minimum absolute atomic E-state index is 0.100. The predicted molar refractivity (Wildman–Crippen MR) is 58.1 cm³/mol. The van der Waals surface area contributed by atoms with Crippen LogP contribution in [0.2, 0.25) is 0 Å². The molecule has 10 heteroatoms. The molecule has 0 aliphatic heterocycles. The SMILES string of the molecule is COc1nc(Br)cc2nc(S(=O)(=O)Cl)nn12. The van der Waals surface area contributed by atoms with Crippen LogP contribution in [0.25, 0.3) is 5.65 Å². The first-order valence-corrected chi connectivity index (χ1v) is 6.94. The fraction of sp³-hybridized carbons (Fsp3) is 0.167. The van der Waals surface area contributed by atoms with E-state index in [2.05, 4.69) is 31.0 Å². The van der Waals surface area contributed by atoms with Crippen LogP contribution in [0, 0.1) is 0 Å². The molecule has 0 saturated carbocycles. The molecule has 2 aromatic heterocycles. The van der Waals surface area contributed by atoms with Gasteiger partial charge in [0.1, 0.15) is 4.60 Å². The summed E-state index contributed by atoms with van der Waals surface area (Å²) in [6.45, 7) is 0. The van der Waals surface area contributed by atoms with Crippen LogP contribution >= 0.6 is 26.6 Å². The fourth-order valence-corrected chi connectivity index (χ4v) is 1.99. The molecule has 0 N–H and O–H groups in total. The Bertz CT molecular complexity index is 655. The lowest BCUT2D eigenvalue weighted by Gasteiger charge is -2.00. The Morgan fingerprint density at radius 2 is 2.19 bits per heavy atom. The maximum absolute atomic E-state index is 11.0. The molecule has 0 saturated heterocycles. The number of hydrogen-bond donors (Lipinski definition) is 0. The van der Waals surface area contributed by atoms with Gasteiger partial charge < -0.3 is 4.74 Å². The molecule has 0 fully saturated rings. The third-order valence-electron chi connectivity index (χ3n) is 1.65. The summed E-state index contributed by atoms with van der Waals surface area (Å²) < 4.78 is 28.6. The summed E-state index contributed by atoms with van der Waals surface area (Å²) in [6.07, 6.45) is 0. The molecule has 0 aliphatic carbocycles. The van der Waals surface area contributed by atoms with Gasteiger partial charge in [-0.25, -0.2) is 8.42 Å². The lowest BCUT2D eigenvalue weighted by molar-refractivity contribution is 0.365. The molecule has 0 bridgehead atoms. The largest absolute Gasteiger partial charge is 0.467 e. The molecule has 0 aliphatic rings. The van der Waals surface area contributed by atoms with Gasteiger partial charge in [0.25, 0.3) is 14.2 Å². The molecule has 7 nitrogen and oxygen atoms in total. The van der Waals surface area contributed by atoms with Gasteiger partial charge >= 0.3 is 6.01 Å². The average molecular weight is 328 g/mol. The minimum atomic E-state index is -3.97. The summed E-state index contributed by atoms with van der Waals surface area (Å²) >= 11 is 3.13. The van der Waals surface area contributed by atoms with Crippen molar-refractivity contribution in [2.45, 2.75) is 5.16 Å². The molecular weight excluding hydrogens is 324 g/mol. The number of rotatable bonds is 2. The number of ether oxygens (including phenoxy) is 1. The highest BCUT2D eigenvalue weighted by atomic mass is 79.9. The monoisotopic (exact) mass is 326 g/mol. The van der Waals surface area contributed by atoms with E-state index >= 15 is 0 Å². The van der Waals surface area contributed by atoms with Gasteiger partial charge in [0.2, 0.25) is 0 Å². The first-order valence-electron chi connectivity index (χ1n) is 3.84. The number of halogens is 2. The Labute approximate surface area is 103 Å². The van der Waals surface area contributed by atoms with E-state index in [0.29, 0.717) is 4.60 Å². The summed E-state index contributed by atoms with van der Waals surface area (Å²) in [5.74, 6) is 0. The zero-order chi connectivity index (χ0) is 11.9. The molecule has 0 amide bonds. The lowest BCUT2D eigenvalue weighted by atomic mass is 10.6. The van der Waals surface area contributed by atoms with E-state index in [0.717, 1.165) is 4.52 Å². The smallest absolute Gasteiger partial charge is 0.320 e. The van der Waals surface area contributed by atoms with Crippen LogP contribution in [0.3, 0.4) is 0 Å². The predicted octanol–water partition coefficient (Wildman–Crippen LogP) is 0.823. The van der Waals surface area contributed by atoms with E-state index in [1.807, 2.05) is 0 Å². The lowest BCUT2D eigenvalue weighted by Crippen LogP contribution is -2.00. The molecule has 0 spiro atoms. The van der Waals surface area contributed by atoms with Crippen LogP contribution < -0.4 is 4.74 Å². The van der Waals surface area contributed by atoms with Crippen LogP contribution in [-0.4, -0.2) is 35.1 Å². The second-order valence-electron chi connectivity index (χ2n) is 2.67. The maximum Gasteiger partial charge on any atom is 0.320 e. The number of methoxy groups -OCH3 is 1. The van der Waals surface area contributed by atoms with E-state index in [9.17, 15) is 8.42 Å². The normalized spacial score (nSPS) is 11.9. The van der Waals surface area contributed by atoms with Gasteiger partial charge in [-0.3, -0.25) is 0 Å². The summed E-state index contributed by atoms with van der Waals surface area (Å²) in [4.78, 5) is 7.67. The molecule has 16 heavy (non-hydrogen) atoms. The van der Waals surface area contributed by atoms with Crippen molar-refractivity contribution >= 4 is 41.3 Å². The van der Waals surface area contributed by atoms with E-state index in [-0.39, 0.29) is 11.7 Å². The van der Waals surface area contributed by atoms with Gasteiger partial charge in [0, 0.05) is 16.7 Å². The van der Waals surface area contributed by atoms with Gasteiger partial charge in [0.05, 0.1) is 7.11 Å². The van der Waals surface area contributed by atoms with Gasteiger partial charge in [-0.2, -0.15) is 14.5 Å². The average Bonchev–Trinajstić information content (AvgIpc) is 2.59. The quantitative estimate of drug-likeness (QED) is 0.599. The molecule has 2 aromatic rings. The third kappa shape index (κ3) is 1.97. The fourth-order valence-electron chi connectivity index (χ4n) is 1.05. The van der Waals surface area contributed by atoms with Crippen molar-refractivity contribution in [1.29, 1.82) is 0 Å². The highest BCUT2D eigenvalue weighted by Gasteiger charge is 2.19. The van der Waals surface area contributed by atoms with Gasteiger partial charge in [-0.15, -0.1) is 5.10 Å². The highest BCUT2D eigenvalue weighted by molar-refractivity contribution is 9.10. The van der Waals surface area contributed by atoms with E-state index in [1.165, 1.54) is 13.2 Å². The first-order chi connectivity index (χ1) is 7.41. The maximum atomic E-state index is 11.0. The first kappa shape index (κ1) is 11.6. The Hall–Kier alpha value is -0.930. The van der Waals surface area contributed by atoms with Crippen molar-refractivity contribution in [2.75, 3.05) is 7.11 Å². The topological polar surface area (TPSA) is 86.5 Å².